The maximum atomic E-state index is 9.94. The molecule has 0 atom stereocenters. The van der Waals surface area contributed by atoms with Gasteiger partial charge in [-0.05, 0) is 30.9 Å². The van der Waals surface area contributed by atoms with E-state index >= 15 is 0 Å². The fraction of sp³-hybridized carbons (Fsp3) is 0.333. The molecule has 0 saturated carbocycles. The monoisotopic (exact) mass is 410 g/mol. The summed E-state index contributed by atoms with van der Waals surface area (Å²) in [6.45, 7) is 3.95. The molecule has 1 saturated heterocycles. The molecule has 0 spiro atoms. The van der Waals surface area contributed by atoms with Crippen LogP contribution in [0.1, 0.15) is 0 Å². The molecule has 3 heterocycles. The number of aromatic nitrogens is 3. The second-order valence-electron chi connectivity index (χ2n) is 7.42. The van der Waals surface area contributed by atoms with Gasteiger partial charge >= 0.3 is 0 Å². The Bertz CT molecular complexity index is 964. The number of aromatic amines is 1. The van der Waals surface area contributed by atoms with Gasteiger partial charge in [-0.15, -0.1) is 0 Å². The van der Waals surface area contributed by atoms with Gasteiger partial charge in [0.25, 0.3) is 0 Å². The van der Waals surface area contributed by atoms with E-state index in [0.29, 0.717) is 10.1 Å². The SMILES string of the molecule is CN1CCN(c2cnc(Sc3c[nH]cc3O)nc2-c2ccc(N(C)C)cc2)CC1. The topological polar surface area (TPSA) is 71.5 Å². The summed E-state index contributed by atoms with van der Waals surface area (Å²) in [5.41, 5.74) is 4.19. The number of rotatable bonds is 5. The molecule has 1 aliphatic rings. The van der Waals surface area contributed by atoms with Crippen molar-refractivity contribution in [3.05, 3.63) is 42.9 Å². The zero-order chi connectivity index (χ0) is 20.4. The summed E-state index contributed by atoms with van der Waals surface area (Å²) in [4.78, 5) is 19.9. The van der Waals surface area contributed by atoms with Gasteiger partial charge in [-0.1, -0.05) is 12.1 Å². The summed E-state index contributed by atoms with van der Waals surface area (Å²) < 4.78 is 0. The predicted octanol–water partition coefficient (Wildman–Crippen LogP) is 3.15. The standard InChI is InChI=1S/C21H26N6OS/c1-25(2)16-6-4-15(5-7-16)20-17(27-10-8-26(3)9-11-27)12-23-21(24-20)29-19-14-22-13-18(19)28/h4-7,12-14,22,28H,8-11H2,1-3H3. The number of H-pyrrole nitrogens is 1. The smallest absolute Gasteiger partial charge is 0.193 e. The Labute approximate surface area is 175 Å². The van der Waals surface area contributed by atoms with Gasteiger partial charge < -0.3 is 24.8 Å². The normalized spacial score (nSPS) is 14.9. The highest BCUT2D eigenvalue weighted by molar-refractivity contribution is 7.99. The third-order valence-corrected chi connectivity index (χ3v) is 6.06. The van der Waals surface area contributed by atoms with Crippen LogP contribution in [0.2, 0.25) is 0 Å². The van der Waals surface area contributed by atoms with E-state index in [1.165, 1.54) is 11.8 Å². The first-order chi connectivity index (χ1) is 14.0. The molecule has 0 aliphatic carbocycles. The Kier molecular flexibility index (Phi) is 5.64. The Hall–Kier alpha value is -2.71. The van der Waals surface area contributed by atoms with Crippen molar-refractivity contribution in [2.45, 2.75) is 10.1 Å². The zero-order valence-corrected chi connectivity index (χ0v) is 17.8. The number of hydrogen-bond donors (Lipinski definition) is 2. The minimum atomic E-state index is 0.207. The Morgan fingerprint density at radius 3 is 2.41 bits per heavy atom. The van der Waals surface area contributed by atoms with Crippen molar-refractivity contribution in [2.24, 2.45) is 0 Å². The molecular weight excluding hydrogens is 384 g/mol. The molecule has 8 heteroatoms. The molecule has 1 aliphatic heterocycles. The molecule has 4 rings (SSSR count). The van der Waals surface area contributed by atoms with Gasteiger partial charge in [-0.3, -0.25) is 0 Å². The average molecular weight is 411 g/mol. The molecule has 0 amide bonds. The van der Waals surface area contributed by atoms with Crippen LogP contribution >= 0.6 is 11.8 Å². The molecule has 29 heavy (non-hydrogen) atoms. The first-order valence-corrected chi connectivity index (χ1v) is 10.4. The van der Waals surface area contributed by atoms with Gasteiger partial charge in [0.1, 0.15) is 5.75 Å². The highest BCUT2D eigenvalue weighted by atomic mass is 32.2. The average Bonchev–Trinajstić information content (AvgIpc) is 3.13. The molecule has 0 radical (unpaired) electrons. The quantitative estimate of drug-likeness (QED) is 0.626. The minimum Gasteiger partial charge on any atom is -0.505 e. The number of nitrogens with one attached hydrogen (secondary N) is 1. The molecule has 152 valence electrons. The second kappa shape index (κ2) is 8.34. The van der Waals surface area contributed by atoms with Crippen molar-refractivity contribution in [1.82, 2.24) is 19.9 Å². The van der Waals surface area contributed by atoms with Gasteiger partial charge in [0.2, 0.25) is 0 Å². The van der Waals surface area contributed by atoms with Crippen molar-refractivity contribution in [2.75, 3.05) is 57.1 Å². The number of anilines is 2. The van der Waals surface area contributed by atoms with Crippen LogP contribution in [0.4, 0.5) is 11.4 Å². The van der Waals surface area contributed by atoms with Gasteiger partial charge in [-0.25, -0.2) is 9.97 Å². The molecule has 0 unspecified atom stereocenters. The van der Waals surface area contributed by atoms with E-state index in [1.807, 2.05) is 20.3 Å². The number of benzene rings is 1. The lowest BCUT2D eigenvalue weighted by Crippen LogP contribution is -2.44. The zero-order valence-electron chi connectivity index (χ0n) is 17.0. The van der Waals surface area contributed by atoms with Crippen LogP contribution in [0.5, 0.6) is 5.75 Å². The van der Waals surface area contributed by atoms with Crippen molar-refractivity contribution in [3.8, 4) is 17.0 Å². The summed E-state index contributed by atoms with van der Waals surface area (Å²) >= 11 is 1.36. The van der Waals surface area contributed by atoms with Crippen LogP contribution < -0.4 is 9.80 Å². The fourth-order valence-corrected chi connectivity index (χ4v) is 4.07. The summed E-state index contributed by atoms with van der Waals surface area (Å²) in [6.07, 6.45) is 5.23. The van der Waals surface area contributed by atoms with Crippen LogP contribution in [0, 0.1) is 0 Å². The highest BCUT2D eigenvalue weighted by Crippen LogP contribution is 2.36. The van der Waals surface area contributed by atoms with Gasteiger partial charge in [0.15, 0.2) is 5.16 Å². The van der Waals surface area contributed by atoms with Crippen LogP contribution in [-0.2, 0) is 0 Å². The van der Waals surface area contributed by atoms with Gasteiger partial charge in [-0.2, -0.15) is 0 Å². The lowest BCUT2D eigenvalue weighted by Gasteiger charge is -2.34. The lowest BCUT2D eigenvalue weighted by atomic mass is 10.1. The highest BCUT2D eigenvalue weighted by Gasteiger charge is 2.20. The largest absolute Gasteiger partial charge is 0.505 e. The lowest BCUT2D eigenvalue weighted by molar-refractivity contribution is 0.312. The summed E-state index contributed by atoms with van der Waals surface area (Å²) in [6, 6.07) is 8.44. The Morgan fingerprint density at radius 2 is 1.79 bits per heavy atom. The van der Waals surface area contributed by atoms with Crippen LogP contribution in [0.15, 0.2) is 52.9 Å². The van der Waals surface area contributed by atoms with E-state index in [4.69, 9.17) is 4.98 Å². The molecule has 2 aromatic heterocycles. The van der Waals surface area contributed by atoms with E-state index in [2.05, 4.69) is 56.0 Å². The van der Waals surface area contributed by atoms with E-state index < -0.39 is 0 Å². The van der Waals surface area contributed by atoms with Gasteiger partial charge in [0.05, 0.1) is 22.5 Å². The van der Waals surface area contributed by atoms with E-state index in [9.17, 15) is 5.11 Å². The van der Waals surface area contributed by atoms with Crippen molar-refractivity contribution < 1.29 is 5.11 Å². The first-order valence-electron chi connectivity index (χ1n) is 9.63. The first kappa shape index (κ1) is 19.6. The molecule has 1 fully saturated rings. The van der Waals surface area contributed by atoms with Gasteiger partial charge in [0, 0.05) is 63.9 Å². The van der Waals surface area contributed by atoms with Crippen molar-refractivity contribution in [3.63, 3.8) is 0 Å². The Balaban J connectivity index is 1.71. The second-order valence-corrected chi connectivity index (χ2v) is 8.43. The third kappa shape index (κ3) is 4.33. The molecule has 2 N–H and O–H groups in total. The van der Waals surface area contributed by atoms with Crippen LogP contribution in [0.3, 0.4) is 0 Å². The summed E-state index contributed by atoms with van der Waals surface area (Å²) in [5, 5.41) is 10.6. The molecule has 0 bridgehead atoms. The predicted molar refractivity (Wildman–Crippen MR) is 118 cm³/mol. The van der Waals surface area contributed by atoms with Crippen molar-refractivity contribution >= 4 is 23.1 Å². The molecular formula is C21H26N6OS. The van der Waals surface area contributed by atoms with E-state index in [0.717, 1.165) is 48.8 Å². The maximum absolute atomic E-state index is 9.94. The number of piperazine rings is 1. The minimum absolute atomic E-state index is 0.207. The number of likely N-dealkylation sites (N-methyl/N-ethyl adjacent to an activating group) is 1. The maximum Gasteiger partial charge on any atom is 0.193 e. The molecule has 7 nitrogen and oxygen atoms in total. The third-order valence-electron chi connectivity index (χ3n) is 5.14. The Morgan fingerprint density at radius 1 is 1.07 bits per heavy atom. The fourth-order valence-electron chi connectivity index (χ4n) is 3.34. The van der Waals surface area contributed by atoms with E-state index in [-0.39, 0.29) is 5.75 Å². The van der Waals surface area contributed by atoms with Crippen molar-refractivity contribution in [1.29, 1.82) is 0 Å². The number of hydrogen-bond acceptors (Lipinski definition) is 7. The molecule has 3 aromatic rings. The van der Waals surface area contributed by atoms with Crippen LogP contribution in [-0.4, -0.2) is 72.3 Å². The van der Waals surface area contributed by atoms with E-state index in [1.54, 1.807) is 12.4 Å². The summed E-state index contributed by atoms with van der Waals surface area (Å²) in [5.74, 6) is 0.207. The number of aromatic hydroxyl groups is 1. The number of nitrogens with zero attached hydrogens (tertiary/aromatic N) is 5. The summed E-state index contributed by atoms with van der Waals surface area (Å²) in [7, 11) is 6.22. The van der Waals surface area contributed by atoms with Crippen LogP contribution in [0.25, 0.3) is 11.3 Å². The molecule has 1 aromatic carbocycles.